The quantitative estimate of drug-likeness (QED) is 0.0623. The topological polar surface area (TPSA) is 191 Å². The van der Waals surface area contributed by atoms with E-state index in [1.807, 2.05) is 25.3 Å². The number of thiazole rings is 1. The zero-order chi connectivity index (χ0) is 46.1. The highest BCUT2D eigenvalue weighted by Gasteiger charge is 2.66. The summed E-state index contributed by atoms with van der Waals surface area (Å²) in [6.07, 6.45) is 2.48. The minimum Gasteiger partial charge on any atom is -0.497 e. The number of amides is 3. The van der Waals surface area contributed by atoms with E-state index in [0.29, 0.717) is 33.8 Å². The maximum absolute atomic E-state index is 15.2. The monoisotopic (exact) mass is 920 g/mol. The second kappa shape index (κ2) is 18.7. The normalized spacial score (nSPS) is 22.4. The smallest absolute Gasteiger partial charge is 0.408 e. The molecule has 1 saturated heterocycles. The molecule has 3 aliphatic rings. The summed E-state index contributed by atoms with van der Waals surface area (Å²) in [6, 6.07) is 9.07. The molecule has 0 spiro atoms. The summed E-state index contributed by atoms with van der Waals surface area (Å²) in [5.41, 5.74) is 0.759. The van der Waals surface area contributed by atoms with Gasteiger partial charge in [-0.05, 0) is 75.6 Å². The van der Waals surface area contributed by atoms with Crippen molar-refractivity contribution in [2.75, 3.05) is 26.1 Å². The van der Waals surface area contributed by atoms with Crippen LogP contribution in [-0.2, 0) is 25.1 Å². The van der Waals surface area contributed by atoms with Crippen LogP contribution in [0.5, 0.6) is 17.2 Å². The number of carbonyl (C=O) groups excluding carboxylic acids is 3. The highest BCUT2D eigenvalue weighted by molar-refractivity contribution is 7.59. The maximum Gasteiger partial charge on any atom is 0.408 e. The minimum absolute atomic E-state index is 0.0267. The zero-order valence-corrected chi connectivity index (χ0v) is 39.0. The number of carbonyl (C=O) groups is 3. The Kier molecular flexibility index (Phi) is 13.6. The summed E-state index contributed by atoms with van der Waals surface area (Å²) < 4.78 is 53.0. The molecule has 2 aliphatic carbocycles. The van der Waals surface area contributed by atoms with Gasteiger partial charge >= 0.3 is 6.09 Å². The van der Waals surface area contributed by atoms with Crippen molar-refractivity contribution in [2.45, 2.75) is 115 Å². The summed E-state index contributed by atoms with van der Waals surface area (Å²) in [7, 11) is -1.57. The molecule has 2 aromatic carbocycles. The van der Waals surface area contributed by atoms with Gasteiger partial charge in [0.1, 0.15) is 58.3 Å². The lowest BCUT2D eigenvalue weighted by atomic mass is 9.85. The Morgan fingerprint density at radius 3 is 2.47 bits per heavy atom. The van der Waals surface area contributed by atoms with E-state index in [2.05, 4.69) is 22.5 Å². The standard InChI is InChI=1S/C46H58FN6O9PS/c1-9-27-22-46(27,63(57,58)24-32-33(47)15-12-16-38(32)60-8)52-41(54)37-20-30(23-53(37)42(55)40(45(4,5)6)51-44(56)62-28-13-10-11-14-28)61-39-21-35(36-25-64-43(50-36)48-26(2)3)49-34-19-29(59-7)17-18-31(34)39/h9,12,15-19,21,25-28,30,37,40H,1,10-11,13-14,20,22-24H2,2-8H3,(H,48,50)(H,51,56)(H,52,54)(H,57,58)/t27-,30-,37+,40-,46+/m1/s1. The molecule has 0 bridgehead atoms. The second-order valence-electron chi connectivity index (χ2n) is 18.2. The highest BCUT2D eigenvalue weighted by atomic mass is 32.1. The van der Waals surface area contributed by atoms with Crippen LogP contribution < -0.4 is 30.2 Å². The van der Waals surface area contributed by atoms with Gasteiger partial charge in [-0.3, -0.25) is 14.2 Å². The average Bonchev–Trinajstić information content (AvgIpc) is 3.63. The average molecular weight is 921 g/mol. The van der Waals surface area contributed by atoms with E-state index in [1.165, 1.54) is 47.6 Å². The van der Waals surface area contributed by atoms with Gasteiger partial charge in [-0.15, -0.1) is 17.9 Å². The number of ether oxygens (including phenoxy) is 4. The molecular weight excluding hydrogens is 863 g/mol. The Morgan fingerprint density at radius 2 is 1.81 bits per heavy atom. The number of pyridine rings is 1. The lowest BCUT2D eigenvalue weighted by molar-refractivity contribution is -0.142. The SMILES string of the molecule is C=C[C@@H]1C[C@]1(NC(=O)[C@@H]1C[C@@H](Oc2cc(-c3csc(NC(C)C)n3)nc3cc(OC)ccc23)CN1C(=O)[C@@H](NC(=O)OC1CCCC1)C(C)(C)C)P(=O)(O)Cc1c(F)cccc1OC. The number of alkyl carbamates (subject to hydrolysis) is 1. The van der Waals surface area contributed by atoms with Crippen molar-refractivity contribution < 1.29 is 47.2 Å². The van der Waals surface area contributed by atoms with Crippen molar-refractivity contribution in [3.8, 4) is 28.6 Å². The minimum atomic E-state index is -4.47. The molecule has 4 N–H and O–H groups in total. The van der Waals surface area contributed by atoms with Crippen molar-refractivity contribution in [1.82, 2.24) is 25.5 Å². The first-order valence-corrected chi connectivity index (χ1v) is 24.3. The van der Waals surface area contributed by atoms with Crippen molar-refractivity contribution in [2.24, 2.45) is 11.3 Å². The van der Waals surface area contributed by atoms with E-state index in [9.17, 15) is 23.8 Å². The first-order chi connectivity index (χ1) is 30.4. The highest BCUT2D eigenvalue weighted by Crippen LogP contribution is 2.71. The van der Waals surface area contributed by atoms with E-state index in [1.54, 1.807) is 46.1 Å². The van der Waals surface area contributed by atoms with Crippen molar-refractivity contribution in [1.29, 1.82) is 0 Å². The van der Waals surface area contributed by atoms with Crippen LogP contribution in [0, 0.1) is 17.2 Å². The number of anilines is 1. The molecule has 1 aliphatic heterocycles. The van der Waals surface area contributed by atoms with Gasteiger partial charge in [-0.1, -0.05) is 32.9 Å². The maximum atomic E-state index is 15.2. The largest absolute Gasteiger partial charge is 0.497 e. The number of hydrogen-bond acceptors (Lipinski definition) is 12. The molecule has 3 heterocycles. The number of methoxy groups -OCH3 is 2. The lowest BCUT2D eigenvalue weighted by Gasteiger charge is -2.36. The Balaban J connectivity index is 1.23. The molecule has 7 rings (SSSR count). The molecule has 15 nitrogen and oxygen atoms in total. The van der Waals surface area contributed by atoms with Crippen molar-refractivity contribution in [3.05, 3.63) is 71.9 Å². The molecule has 3 fully saturated rings. The van der Waals surface area contributed by atoms with Gasteiger partial charge < -0.3 is 44.7 Å². The molecular formula is C46H58FN6O9PS. The Bertz CT molecular complexity index is 2460. The number of likely N-dealkylation sites (tertiary alicyclic amines) is 1. The molecule has 3 amide bonds. The summed E-state index contributed by atoms with van der Waals surface area (Å²) >= 11 is 1.44. The molecule has 4 aromatic rings. The number of rotatable bonds is 16. The summed E-state index contributed by atoms with van der Waals surface area (Å²) in [5, 5.41) is 10.5. The molecule has 6 atom stereocenters. The van der Waals surface area contributed by atoms with E-state index in [-0.39, 0.29) is 42.8 Å². The third-order valence-electron chi connectivity index (χ3n) is 12.2. The van der Waals surface area contributed by atoms with E-state index < -0.39 is 72.1 Å². The number of nitrogens with zero attached hydrogens (tertiary/aromatic N) is 3. The Labute approximate surface area is 377 Å². The van der Waals surface area contributed by atoms with Gasteiger partial charge in [-0.25, -0.2) is 19.2 Å². The van der Waals surface area contributed by atoms with Crippen LogP contribution in [0.2, 0.25) is 0 Å². The first-order valence-electron chi connectivity index (χ1n) is 21.6. The fourth-order valence-corrected chi connectivity index (χ4v) is 11.9. The van der Waals surface area contributed by atoms with E-state index >= 15 is 4.39 Å². The van der Waals surface area contributed by atoms with Gasteiger partial charge in [0.05, 0.1) is 38.1 Å². The molecule has 0 radical (unpaired) electrons. The van der Waals surface area contributed by atoms with Crippen LogP contribution in [0.1, 0.15) is 78.7 Å². The van der Waals surface area contributed by atoms with Gasteiger partial charge in [0.25, 0.3) is 0 Å². The van der Waals surface area contributed by atoms with Crippen LogP contribution >= 0.6 is 18.7 Å². The molecule has 2 saturated carbocycles. The summed E-state index contributed by atoms with van der Waals surface area (Å²) in [6.45, 7) is 13.2. The van der Waals surface area contributed by atoms with Crippen LogP contribution in [0.15, 0.2) is 60.5 Å². The fraction of sp³-hybridized carbons (Fsp3) is 0.500. The van der Waals surface area contributed by atoms with Gasteiger partial charge in [0.2, 0.25) is 19.2 Å². The third kappa shape index (κ3) is 9.86. The number of hydrogen-bond donors (Lipinski definition) is 4. The zero-order valence-electron chi connectivity index (χ0n) is 37.3. The van der Waals surface area contributed by atoms with Crippen LogP contribution in [0.25, 0.3) is 22.3 Å². The predicted molar refractivity (Wildman–Crippen MR) is 243 cm³/mol. The third-order valence-corrected chi connectivity index (χ3v) is 15.5. The first kappa shape index (κ1) is 46.7. The Morgan fingerprint density at radius 1 is 1.06 bits per heavy atom. The number of halogens is 1. The molecule has 64 heavy (non-hydrogen) atoms. The summed E-state index contributed by atoms with van der Waals surface area (Å²) in [5.74, 6) is -1.53. The number of nitrogens with one attached hydrogen (secondary N) is 3. The predicted octanol–water partition coefficient (Wildman–Crippen LogP) is 8.26. The molecule has 2 aromatic heterocycles. The Hall–Kier alpha value is -5.25. The molecule has 1 unspecified atom stereocenters. The number of fused-ring (bicyclic) bond motifs is 1. The van der Waals surface area contributed by atoms with Crippen LogP contribution in [-0.4, -0.2) is 94.0 Å². The lowest BCUT2D eigenvalue weighted by Crippen LogP contribution is -2.58. The second-order valence-corrected chi connectivity index (χ2v) is 21.6. The van der Waals surface area contributed by atoms with Gasteiger partial charge in [0, 0.05) is 46.8 Å². The number of aromatic nitrogens is 2. The van der Waals surface area contributed by atoms with Crippen LogP contribution in [0.3, 0.4) is 0 Å². The van der Waals surface area contributed by atoms with E-state index in [0.717, 1.165) is 30.8 Å². The van der Waals surface area contributed by atoms with Crippen molar-refractivity contribution in [3.63, 3.8) is 0 Å². The van der Waals surface area contributed by atoms with E-state index in [4.69, 9.17) is 28.9 Å². The fourth-order valence-electron chi connectivity index (χ4n) is 8.64. The van der Waals surface area contributed by atoms with Crippen molar-refractivity contribution >= 4 is 52.6 Å². The van der Waals surface area contributed by atoms with Crippen LogP contribution in [0.4, 0.5) is 14.3 Å². The van der Waals surface area contributed by atoms with Gasteiger partial charge in [-0.2, -0.15) is 0 Å². The molecule has 18 heteroatoms. The number of benzene rings is 2. The summed E-state index contributed by atoms with van der Waals surface area (Å²) in [4.78, 5) is 65.9. The molecule has 344 valence electrons. The van der Waals surface area contributed by atoms with Gasteiger partial charge in [0.15, 0.2) is 5.13 Å².